The van der Waals surface area contributed by atoms with Gasteiger partial charge in [0, 0.05) is 19.4 Å². The lowest BCUT2D eigenvalue weighted by molar-refractivity contribution is -0.757. The highest BCUT2D eigenvalue weighted by Crippen LogP contribution is 2.19. The number of hydrogen-bond acceptors (Lipinski definition) is 6. The molecule has 8 heteroatoms. The molecular weight excluding hydrogens is 256 g/mol. The van der Waals surface area contributed by atoms with E-state index in [0.29, 0.717) is 19.4 Å². The summed E-state index contributed by atoms with van der Waals surface area (Å²) in [5.74, 6) is -0.503. The summed E-state index contributed by atoms with van der Waals surface area (Å²) in [6.45, 7) is 2.27. The maximum atomic E-state index is 11.8. The Hall–Kier alpha value is -1.86. The molecule has 0 saturated carbocycles. The number of esters is 1. The standard InChI is InChI=1S/C11H18N2O6/c1-2-10(14)12-6-3-5-9(12)11(15)18-7-4-8-19-13(16)17/h9H,2-8H2,1H3. The molecule has 0 spiro atoms. The van der Waals surface area contributed by atoms with E-state index in [4.69, 9.17) is 4.74 Å². The average Bonchev–Trinajstić information content (AvgIpc) is 2.86. The number of carbonyl (C=O) groups is 2. The molecule has 19 heavy (non-hydrogen) atoms. The molecule has 108 valence electrons. The summed E-state index contributed by atoms with van der Waals surface area (Å²) in [5.41, 5.74) is 0. The molecule has 0 N–H and O–H groups in total. The smallest absolute Gasteiger partial charge is 0.328 e. The van der Waals surface area contributed by atoms with Gasteiger partial charge in [-0.3, -0.25) is 4.79 Å². The second-order valence-corrected chi connectivity index (χ2v) is 4.18. The van der Waals surface area contributed by atoms with Crippen molar-refractivity contribution in [1.82, 2.24) is 4.90 Å². The summed E-state index contributed by atoms with van der Waals surface area (Å²) < 4.78 is 5.00. The fourth-order valence-electron chi connectivity index (χ4n) is 1.98. The molecule has 8 nitrogen and oxygen atoms in total. The van der Waals surface area contributed by atoms with Crippen molar-refractivity contribution in [3.8, 4) is 0 Å². The molecule has 0 aromatic rings. The van der Waals surface area contributed by atoms with Gasteiger partial charge in [-0.15, -0.1) is 10.1 Å². The molecule has 0 aliphatic carbocycles. The first-order valence-electron chi connectivity index (χ1n) is 6.29. The van der Waals surface area contributed by atoms with E-state index in [2.05, 4.69) is 4.84 Å². The van der Waals surface area contributed by atoms with Crippen LogP contribution in [0.3, 0.4) is 0 Å². The monoisotopic (exact) mass is 274 g/mol. The van der Waals surface area contributed by atoms with Crippen molar-refractivity contribution in [2.45, 2.75) is 38.6 Å². The minimum atomic E-state index is -0.888. The first kappa shape index (κ1) is 15.2. The van der Waals surface area contributed by atoms with Gasteiger partial charge in [0.2, 0.25) is 5.91 Å². The molecule has 0 aromatic heterocycles. The Morgan fingerprint density at radius 1 is 1.42 bits per heavy atom. The van der Waals surface area contributed by atoms with Crippen LogP contribution in [0.2, 0.25) is 0 Å². The van der Waals surface area contributed by atoms with Gasteiger partial charge >= 0.3 is 5.97 Å². The highest BCUT2D eigenvalue weighted by atomic mass is 16.9. The number of nitrogens with zero attached hydrogens (tertiary/aromatic N) is 2. The molecule has 0 radical (unpaired) electrons. The minimum Gasteiger partial charge on any atom is -0.464 e. The number of ether oxygens (including phenoxy) is 1. The summed E-state index contributed by atoms with van der Waals surface area (Å²) >= 11 is 0. The molecule has 1 aliphatic heterocycles. The predicted octanol–water partition coefficient (Wildman–Crippen LogP) is 0.529. The average molecular weight is 274 g/mol. The van der Waals surface area contributed by atoms with Crippen molar-refractivity contribution in [3.63, 3.8) is 0 Å². The fraction of sp³-hybridized carbons (Fsp3) is 0.818. The molecule has 1 saturated heterocycles. The summed E-state index contributed by atoms with van der Waals surface area (Å²) in [6, 6.07) is -0.510. The van der Waals surface area contributed by atoms with Gasteiger partial charge in [0.25, 0.3) is 5.09 Å². The van der Waals surface area contributed by atoms with Crippen molar-refractivity contribution in [1.29, 1.82) is 0 Å². The zero-order chi connectivity index (χ0) is 14.3. The Morgan fingerprint density at radius 3 is 2.79 bits per heavy atom. The minimum absolute atomic E-state index is 0.0529. The molecule has 1 amide bonds. The predicted molar refractivity (Wildman–Crippen MR) is 63.5 cm³/mol. The molecule has 1 unspecified atom stereocenters. The van der Waals surface area contributed by atoms with E-state index in [1.165, 1.54) is 4.90 Å². The van der Waals surface area contributed by atoms with Crippen LogP contribution in [0.5, 0.6) is 0 Å². The van der Waals surface area contributed by atoms with E-state index in [9.17, 15) is 19.7 Å². The summed E-state index contributed by atoms with van der Waals surface area (Å²) in [4.78, 5) is 38.9. The van der Waals surface area contributed by atoms with Crippen LogP contribution in [0.4, 0.5) is 0 Å². The normalized spacial score (nSPS) is 18.2. The summed E-state index contributed by atoms with van der Waals surface area (Å²) in [7, 11) is 0. The van der Waals surface area contributed by atoms with Gasteiger partial charge in [-0.1, -0.05) is 6.92 Å². The van der Waals surface area contributed by atoms with Crippen LogP contribution in [0, 0.1) is 10.1 Å². The van der Waals surface area contributed by atoms with Crippen LogP contribution in [0.1, 0.15) is 32.6 Å². The van der Waals surface area contributed by atoms with Gasteiger partial charge in [0.1, 0.15) is 6.04 Å². The van der Waals surface area contributed by atoms with Gasteiger partial charge < -0.3 is 14.5 Å². The van der Waals surface area contributed by atoms with Crippen molar-refractivity contribution in [2.24, 2.45) is 0 Å². The zero-order valence-corrected chi connectivity index (χ0v) is 10.9. The van der Waals surface area contributed by atoms with Crippen molar-refractivity contribution in [3.05, 3.63) is 10.1 Å². The Bertz CT molecular complexity index is 346. The van der Waals surface area contributed by atoms with Crippen molar-refractivity contribution >= 4 is 11.9 Å². The molecule has 1 fully saturated rings. The van der Waals surface area contributed by atoms with Crippen molar-refractivity contribution in [2.75, 3.05) is 19.8 Å². The first-order chi connectivity index (χ1) is 9.06. The number of likely N-dealkylation sites (tertiary alicyclic amines) is 1. The Morgan fingerprint density at radius 2 is 2.16 bits per heavy atom. The lowest BCUT2D eigenvalue weighted by Crippen LogP contribution is -2.41. The van der Waals surface area contributed by atoms with Gasteiger partial charge in [-0.25, -0.2) is 4.79 Å². The maximum absolute atomic E-state index is 11.8. The molecule has 1 rings (SSSR count). The molecule has 0 bridgehead atoms. The van der Waals surface area contributed by atoms with Crippen LogP contribution in [0.25, 0.3) is 0 Å². The molecule has 1 atom stereocenters. The van der Waals surface area contributed by atoms with Crippen LogP contribution in [-0.2, 0) is 19.2 Å². The van der Waals surface area contributed by atoms with Gasteiger partial charge in [0.05, 0.1) is 13.2 Å². The molecule has 0 aromatic carbocycles. The Balaban J connectivity index is 2.28. The number of rotatable bonds is 7. The molecule has 1 aliphatic rings. The maximum Gasteiger partial charge on any atom is 0.328 e. The number of amides is 1. The quantitative estimate of drug-likeness (QED) is 0.290. The lowest BCUT2D eigenvalue weighted by atomic mass is 10.2. The van der Waals surface area contributed by atoms with Gasteiger partial charge in [0.15, 0.2) is 0 Å². The third-order valence-electron chi connectivity index (χ3n) is 2.88. The van der Waals surface area contributed by atoms with E-state index < -0.39 is 17.1 Å². The number of hydrogen-bond donors (Lipinski definition) is 0. The van der Waals surface area contributed by atoms with Crippen LogP contribution in [0.15, 0.2) is 0 Å². The largest absolute Gasteiger partial charge is 0.464 e. The Kier molecular flexibility index (Phi) is 6.04. The first-order valence-corrected chi connectivity index (χ1v) is 6.29. The third-order valence-corrected chi connectivity index (χ3v) is 2.88. The van der Waals surface area contributed by atoms with Gasteiger partial charge in [-0.05, 0) is 12.8 Å². The van der Waals surface area contributed by atoms with E-state index >= 15 is 0 Å². The number of carbonyl (C=O) groups excluding carboxylic acids is 2. The second-order valence-electron chi connectivity index (χ2n) is 4.18. The van der Waals surface area contributed by atoms with E-state index in [-0.39, 0.29) is 25.5 Å². The van der Waals surface area contributed by atoms with E-state index in [1.54, 1.807) is 6.92 Å². The lowest BCUT2D eigenvalue weighted by Gasteiger charge is -2.22. The Labute approximate surface area is 110 Å². The van der Waals surface area contributed by atoms with Crippen molar-refractivity contribution < 1.29 is 24.3 Å². The van der Waals surface area contributed by atoms with E-state index in [0.717, 1.165) is 6.42 Å². The van der Waals surface area contributed by atoms with Crippen LogP contribution < -0.4 is 0 Å². The SMILES string of the molecule is CCC(=O)N1CCCC1C(=O)OCCCO[N+](=O)[O-]. The second kappa shape index (κ2) is 7.55. The third kappa shape index (κ3) is 4.72. The highest BCUT2D eigenvalue weighted by molar-refractivity contribution is 5.85. The fourth-order valence-corrected chi connectivity index (χ4v) is 1.98. The molecule has 1 heterocycles. The molecular formula is C11H18N2O6. The van der Waals surface area contributed by atoms with E-state index in [1.807, 2.05) is 0 Å². The topological polar surface area (TPSA) is 99.0 Å². The van der Waals surface area contributed by atoms with Crippen LogP contribution >= 0.6 is 0 Å². The van der Waals surface area contributed by atoms with Gasteiger partial charge in [-0.2, -0.15) is 0 Å². The van der Waals surface area contributed by atoms with Crippen LogP contribution in [-0.4, -0.2) is 47.7 Å². The highest BCUT2D eigenvalue weighted by Gasteiger charge is 2.34. The summed E-state index contributed by atoms with van der Waals surface area (Å²) in [5, 5.41) is 9.00. The summed E-state index contributed by atoms with van der Waals surface area (Å²) in [6.07, 6.45) is 2.01. The zero-order valence-electron chi connectivity index (χ0n) is 10.9.